The molecule has 1 heterocycles. The van der Waals surface area contributed by atoms with Crippen molar-refractivity contribution in [1.82, 2.24) is 0 Å². The first-order valence-corrected chi connectivity index (χ1v) is 9.06. The number of halogens is 1. The van der Waals surface area contributed by atoms with Gasteiger partial charge in [0.05, 0.1) is 4.34 Å². The van der Waals surface area contributed by atoms with Crippen molar-refractivity contribution in [3.63, 3.8) is 0 Å². The quantitative estimate of drug-likeness (QED) is 0.841. The zero-order valence-corrected chi connectivity index (χ0v) is 13.3. The summed E-state index contributed by atoms with van der Waals surface area (Å²) in [5.41, 5.74) is 1.05. The molecule has 1 aliphatic carbocycles. The van der Waals surface area contributed by atoms with Crippen LogP contribution in [0.3, 0.4) is 0 Å². The predicted molar refractivity (Wildman–Crippen MR) is 83.6 cm³/mol. The number of carbonyl (C=O) groups is 1. The second-order valence-electron chi connectivity index (χ2n) is 4.88. The van der Waals surface area contributed by atoms with E-state index in [1.165, 1.54) is 12.1 Å². The summed E-state index contributed by atoms with van der Waals surface area (Å²) in [5.74, 6) is 0.287. The van der Waals surface area contributed by atoms with E-state index < -0.39 is 10.0 Å². The highest BCUT2D eigenvalue weighted by Crippen LogP contribution is 2.33. The highest BCUT2D eigenvalue weighted by molar-refractivity contribution is 7.94. The molecule has 0 aliphatic heterocycles. The number of hydrogen-bond acceptors (Lipinski definition) is 4. The van der Waals surface area contributed by atoms with Crippen LogP contribution in [0.4, 0.5) is 5.69 Å². The summed E-state index contributed by atoms with van der Waals surface area (Å²) in [6.45, 7) is 0. The lowest BCUT2D eigenvalue weighted by Gasteiger charge is -2.07. The molecular formula is C14H12ClNO3S2. The lowest BCUT2D eigenvalue weighted by molar-refractivity contribution is 0.0967. The van der Waals surface area contributed by atoms with Gasteiger partial charge in [-0.05, 0) is 49.2 Å². The number of rotatable bonds is 5. The fraction of sp³-hybridized carbons (Fsp3) is 0.214. The Hall–Kier alpha value is -1.37. The number of nitrogens with one attached hydrogen (secondary N) is 1. The van der Waals surface area contributed by atoms with Gasteiger partial charge in [-0.2, -0.15) is 0 Å². The van der Waals surface area contributed by atoms with Crippen LogP contribution in [0.15, 0.2) is 40.6 Å². The molecule has 0 amide bonds. The van der Waals surface area contributed by atoms with Gasteiger partial charge in [-0.25, -0.2) is 8.42 Å². The van der Waals surface area contributed by atoms with E-state index in [1.807, 2.05) is 0 Å². The maximum atomic E-state index is 12.1. The molecule has 3 rings (SSSR count). The van der Waals surface area contributed by atoms with Crippen LogP contribution in [-0.2, 0) is 10.0 Å². The van der Waals surface area contributed by atoms with Crippen molar-refractivity contribution in [2.45, 2.75) is 17.1 Å². The molecule has 1 saturated carbocycles. The smallest absolute Gasteiger partial charge is 0.271 e. The summed E-state index contributed by atoms with van der Waals surface area (Å²) in [7, 11) is -3.63. The fourth-order valence-corrected chi connectivity index (χ4v) is 4.47. The third-order valence-corrected chi connectivity index (χ3v) is 6.29. The minimum absolute atomic E-state index is 0.134. The van der Waals surface area contributed by atoms with Crippen molar-refractivity contribution < 1.29 is 13.2 Å². The largest absolute Gasteiger partial charge is 0.294 e. The molecule has 0 atom stereocenters. The van der Waals surface area contributed by atoms with Crippen LogP contribution in [0.5, 0.6) is 0 Å². The van der Waals surface area contributed by atoms with Crippen molar-refractivity contribution >= 4 is 44.4 Å². The third-order valence-electron chi connectivity index (χ3n) is 3.18. The molecule has 110 valence electrons. The first-order chi connectivity index (χ1) is 9.95. The zero-order chi connectivity index (χ0) is 15.0. The molecule has 0 bridgehead atoms. The lowest BCUT2D eigenvalue weighted by Crippen LogP contribution is -2.11. The predicted octanol–water partition coefficient (Wildman–Crippen LogP) is 3.80. The number of anilines is 1. The molecule has 2 aromatic rings. The van der Waals surface area contributed by atoms with E-state index in [9.17, 15) is 13.2 Å². The van der Waals surface area contributed by atoms with Gasteiger partial charge in [0.2, 0.25) is 0 Å². The number of sulfonamides is 1. The average Bonchev–Trinajstić information content (AvgIpc) is 3.20. The molecule has 1 aromatic heterocycles. The number of Topliss-reactive ketones (excluding diaryl/α,β-unsaturated/α-hetero) is 1. The molecule has 1 aromatic carbocycles. The van der Waals surface area contributed by atoms with Crippen molar-refractivity contribution in [3.8, 4) is 0 Å². The Morgan fingerprint density at radius 3 is 2.33 bits per heavy atom. The third kappa shape index (κ3) is 3.28. The number of hydrogen-bond donors (Lipinski definition) is 1. The lowest BCUT2D eigenvalue weighted by atomic mass is 10.1. The molecule has 7 heteroatoms. The van der Waals surface area contributed by atoms with Crippen molar-refractivity contribution in [2.75, 3.05) is 4.72 Å². The second-order valence-corrected chi connectivity index (χ2v) is 8.50. The monoisotopic (exact) mass is 341 g/mol. The van der Waals surface area contributed by atoms with Gasteiger partial charge in [0.25, 0.3) is 10.0 Å². The van der Waals surface area contributed by atoms with E-state index >= 15 is 0 Å². The summed E-state index contributed by atoms with van der Waals surface area (Å²) >= 11 is 6.74. The molecule has 0 spiro atoms. The molecule has 1 fully saturated rings. The Morgan fingerprint density at radius 2 is 1.81 bits per heavy atom. The van der Waals surface area contributed by atoms with Gasteiger partial charge in [0, 0.05) is 17.2 Å². The molecular weight excluding hydrogens is 330 g/mol. The van der Waals surface area contributed by atoms with Gasteiger partial charge < -0.3 is 0 Å². The van der Waals surface area contributed by atoms with Crippen molar-refractivity contribution in [2.24, 2.45) is 5.92 Å². The van der Waals surface area contributed by atoms with Crippen molar-refractivity contribution in [3.05, 3.63) is 46.3 Å². The van der Waals surface area contributed by atoms with E-state index in [4.69, 9.17) is 11.6 Å². The Bertz CT molecular complexity index is 777. The fourth-order valence-electron chi connectivity index (χ4n) is 1.93. The van der Waals surface area contributed by atoms with E-state index in [1.54, 1.807) is 24.3 Å². The summed E-state index contributed by atoms with van der Waals surface area (Å²) in [4.78, 5) is 11.9. The SMILES string of the molecule is O=C(c1ccc(NS(=O)(=O)c2ccc(Cl)s2)cc1)C1CC1. The first kappa shape index (κ1) is 14.6. The molecule has 1 aliphatic rings. The van der Waals surface area contributed by atoms with E-state index in [-0.39, 0.29) is 15.9 Å². The second kappa shape index (κ2) is 5.44. The molecule has 0 unspecified atom stereocenters. The molecule has 4 nitrogen and oxygen atoms in total. The number of carbonyl (C=O) groups excluding carboxylic acids is 1. The van der Waals surface area contributed by atoms with Crippen LogP contribution < -0.4 is 4.72 Å². The Balaban J connectivity index is 1.77. The summed E-state index contributed by atoms with van der Waals surface area (Å²) in [5, 5.41) is 0. The Labute approximate surface area is 131 Å². The van der Waals surface area contributed by atoms with E-state index in [0.717, 1.165) is 24.2 Å². The van der Waals surface area contributed by atoms with Crippen LogP contribution >= 0.6 is 22.9 Å². The molecule has 21 heavy (non-hydrogen) atoms. The van der Waals surface area contributed by atoms with Gasteiger partial charge in [0.1, 0.15) is 4.21 Å². The normalized spacial score (nSPS) is 14.9. The highest BCUT2D eigenvalue weighted by atomic mass is 35.5. The van der Waals surface area contributed by atoms with Gasteiger partial charge in [-0.1, -0.05) is 11.6 Å². The van der Waals surface area contributed by atoms with Crippen LogP contribution in [0, 0.1) is 5.92 Å². The van der Waals surface area contributed by atoms with Gasteiger partial charge in [-0.15, -0.1) is 11.3 Å². The number of ketones is 1. The zero-order valence-electron chi connectivity index (χ0n) is 10.9. The van der Waals surface area contributed by atoms with Crippen LogP contribution in [0.2, 0.25) is 4.34 Å². The van der Waals surface area contributed by atoms with Gasteiger partial charge in [-0.3, -0.25) is 9.52 Å². The average molecular weight is 342 g/mol. The molecule has 1 N–H and O–H groups in total. The minimum atomic E-state index is -3.63. The van der Waals surface area contributed by atoms with E-state index in [2.05, 4.69) is 4.72 Å². The van der Waals surface area contributed by atoms with Gasteiger partial charge in [0.15, 0.2) is 5.78 Å². The standard InChI is InChI=1S/C14H12ClNO3S2/c15-12-7-8-13(20-12)21(18,19)16-11-5-3-10(4-6-11)14(17)9-1-2-9/h3-9,16H,1-2H2. The Morgan fingerprint density at radius 1 is 1.14 bits per heavy atom. The highest BCUT2D eigenvalue weighted by Gasteiger charge is 2.30. The van der Waals surface area contributed by atoms with E-state index in [0.29, 0.717) is 15.6 Å². The maximum absolute atomic E-state index is 12.1. The topological polar surface area (TPSA) is 63.2 Å². The number of thiophene rings is 1. The minimum Gasteiger partial charge on any atom is -0.294 e. The summed E-state index contributed by atoms with van der Waals surface area (Å²) in [6, 6.07) is 9.50. The van der Waals surface area contributed by atoms with Gasteiger partial charge >= 0.3 is 0 Å². The number of benzene rings is 1. The van der Waals surface area contributed by atoms with Crippen LogP contribution in [0.1, 0.15) is 23.2 Å². The molecule has 0 saturated heterocycles. The maximum Gasteiger partial charge on any atom is 0.271 e. The molecule has 0 radical (unpaired) electrons. The van der Waals surface area contributed by atoms with Crippen LogP contribution in [0.25, 0.3) is 0 Å². The first-order valence-electron chi connectivity index (χ1n) is 6.38. The Kier molecular flexibility index (Phi) is 3.77. The van der Waals surface area contributed by atoms with Crippen molar-refractivity contribution in [1.29, 1.82) is 0 Å². The van der Waals surface area contributed by atoms with Crippen LogP contribution in [-0.4, -0.2) is 14.2 Å². The summed E-state index contributed by atoms with van der Waals surface area (Å²) in [6.07, 6.45) is 1.90. The summed E-state index contributed by atoms with van der Waals surface area (Å²) < 4.78 is 27.3.